The van der Waals surface area contributed by atoms with Crippen molar-refractivity contribution >= 4 is 31.2 Å². The lowest BCUT2D eigenvalue weighted by molar-refractivity contribution is 0.597. The molecule has 1 unspecified atom stereocenters. The number of nitrogen functional groups attached to an aromatic ring is 1. The van der Waals surface area contributed by atoms with Gasteiger partial charge in [0.1, 0.15) is 0 Å². The van der Waals surface area contributed by atoms with Crippen molar-refractivity contribution in [3.63, 3.8) is 0 Å². The Morgan fingerprint density at radius 1 is 1.32 bits per heavy atom. The molecule has 0 spiro atoms. The van der Waals surface area contributed by atoms with Gasteiger partial charge in [0, 0.05) is 6.04 Å². The number of benzene rings is 1. The summed E-state index contributed by atoms with van der Waals surface area (Å²) in [7, 11) is -6.83. The van der Waals surface area contributed by atoms with E-state index in [0.717, 1.165) is 0 Å². The number of sulfone groups is 1. The second-order valence-electron chi connectivity index (χ2n) is 4.54. The van der Waals surface area contributed by atoms with Gasteiger partial charge in [-0.3, -0.25) is 0 Å². The molecule has 1 heterocycles. The number of nitrogens with one attached hydrogen (secondary N) is 1. The molecule has 106 valence electrons. The molecular formula is C10H15N3O4S2. The van der Waals surface area contributed by atoms with Gasteiger partial charge in [-0.05, 0) is 24.6 Å². The van der Waals surface area contributed by atoms with Crippen LogP contribution in [0, 0.1) is 0 Å². The molecule has 19 heavy (non-hydrogen) atoms. The van der Waals surface area contributed by atoms with Gasteiger partial charge >= 0.3 is 0 Å². The summed E-state index contributed by atoms with van der Waals surface area (Å²) in [5.74, 6) is 0.144. The summed E-state index contributed by atoms with van der Waals surface area (Å²) in [6, 6.07) is 3.78. The van der Waals surface area contributed by atoms with E-state index in [2.05, 4.69) is 5.32 Å². The van der Waals surface area contributed by atoms with Gasteiger partial charge in [0.25, 0.3) is 0 Å². The van der Waals surface area contributed by atoms with Crippen LogP contribution in [0.25, 0.3) is 0 Å². The molecule has 0 aliphatic carbocycles. The third-order valence-corrected chi connectivity index (χ3v) is 5.62. The Labute approximate surface area is 112 Å². The highest BCUT2D eigenvalue weighted by Gasteiger charge is 2.28. The third-order valence-electron chi connectivity index (χ3n) is 2.95. The Hall–Kier alpha value is -1.32. The Morgan fingerprint density at radius 2 is 2.00 bits per heavy atom. The fraction of sp³-hybridized carbons (Fsp3) is 0.400. The van der Waals surface area contributed by atoms with E-state index < -0.39 is 19.9 Å². The zero-order valence-electron chi connectivity index (χ0n) is 10.0. The van der Waals surface area contributed by atoms with Gasteiger partial charge in [0.15, 0.2) is 9.84 Å². The Kier molecular flexibility index (Phi) is 3.45. The lowest BCUT2D eigenvalue weighted by Gasteiger charge is -2.15. The van der Waals surface area contributed by atoms with Crippen LogP contribution >= 0.6 is 0 Å². The van der Waals surface area contributed by atoms with Crippen LogP contribution in [0.4, 0.5) is 11.4 Å². The smallest absolute Gasteiger partial charge is 0.238 e. The molecule has 1 aromatic rings. The molecule has 0 amide bonds. The molecule has 0 radical (unpaired) electrons. The highest BCUT2D eigenvalue weighted by Crippen LogP contribution is 2.25. The molecule has 1 aliphatic rings. The number of primary sulfonamides is 1. The normalized spacial score (nSPS) is 22.3. The van der Waals surface area contributed by atoms with Gasteiger partial charge in [-0.25, -0.2) is 22.0 Å². The molecular weight excluding hydrogens is 290 g/mol. The van der Waals surface area contributed by atoms with E-state index in [4.69, 9.17) is 10.9 Å². The second-order valence-corrected chi connectivity index (χ2v) is 8.33. The number of nitrogens with two attached hydrogens (primary N) is 2. The van der Waals surface area contributed by atoms with E-state index in [-0.39, 0.29) is 22.4 Å². The topological polar surface area (TPSA) is 132 Å². The van der Waals surface area contributed by atoms with E-state index in [1.165, 1.54) is 18.2 Å². The van der Waals surface area contributed by atoms with E-state index in [9.17, 15) is 16.8 Å². The minimum absolute atomic E-state index is 0.0199. The molecule has 5 N–H and O–H groups in total. The van der Waals surface area contributed by atoms with Crippen LogP contribution in [0.15, 0.2) is 23.1 Å². The average Bonchev–Trinajstić information content (AvgIpc) is 2.60. The molecule has 2 rings (SSSR count). The molecule has 1 atom stereocenters. The largest absolute Gasteiger partial charge is 0.397 e. The molecule has 1 saturated heterocycles. The van der Waals surface area contributed by atoms with Gasteiger partial charge < -0.3 is 11.1 Å². The van der Waals surface area contributed by atoms with Gasteiger partial charge in [0.2, 0.25) is 10.0 Å². The van der Waals surface area contributed by atoms with Crippen molar-refractivity contribution < 1.29 is 16.8 Å². The summed E-state index contributed by atoms with van der Waals surface area (Å²) < 4.78 is 45.2. The maximum atomic E-state index is 11.4. The van der Waals surface area contributed by atoms with Crippen molar-refractivity contribution in [2.24, 2.45) is 5.14 Å². The standard InChI is InChI=1S/C10H15N3O4S2/c11-9-2-1-8(19(12,16)17)5-10(9)13-7-3-4-18(14,15)6-7/h1-2,5,7,13H,3-4,6,11H2,(H2,12,16,17). The first kappa shape index (κ1) is 14.1. The van der Waals surface area contributed by atoms with Crippen LogP contribution in [-0.2, 0) is 19.9 Å². The average molecular weight is 305 g/mol. The second kappa shape index (κ2) is 4.66. The zero-order chi connectivity index (χ0) is 14.3. The number of hydrogen-bond donors (Lipinski definition) is 3. The monoisotopic (exact) mass is 305 g/mol. The first-order chi connectivity index (χ1) is 8.67. The van der Waals surface area contributed by atoms with Gasteiger partial charge in [-0.1, -0.05) is 0 Å². The van der Waals surface area contributed by atoms with Crippen molar-refractivity contribution in [2.45, 2.75) is 17.4 Å². The molecule has 9 heteroatoms. The van der Waals surface area contributed by atoms with Gasteiger partial charge in [-0.15, -0.1) is 0 Å². The predicted molar refractivity (Wildman–Crippen MR) is 72.9 cm³/mol. The molecule has 1 aromatic carbocycles. The zero-order valence-corrected chi connectivity index (χ0v) is 11.7. The summed E-state index contributed by atoms with van der Waals surface area (Å²) in [5, 5.41) is 7.99. The first-order valence-corrected chi connectivity index (χ1v) is 8.93. The quantitative estimate of drug-likeness (QED) is 0.646. The number of hydrogen-bond acceptors (Lipinski definition) is 6. The van der Waals surface area contributed by atoms with Crippen molar-refractivity contribution in [3.8, 4) is 0 Å². The number of sulfonamides is 1. The van der Waals surface area contributed by atoms with E-state index in [1.54, 1.807) is 0 Å². The summed E-state index contributed by atoms with van der Waals surface area (Å²) >= 11 is 0. The summed E-state index contributed by atoms with van der Waals surface area (Å²) in [4.78, 5) is -0.0648. The highest BCUT2D eigenvalue weighted by molar-refractivity contribution is 7.91. The van der Waals surface area contributed by atoms with Crippen molar-refractivity contribution in [3.05, 3.63) is 18.2 Å². The molecule has 1 fully saturated rings. The van der Waals surface area contributed by atoms with Crippen molar-refractivity contribution in [1.82, 2.24) is 0 Å². The summed E-state index contributed by atoms with van der Waals surface area (Å²) in [5.41, 5.74) is 6.46. The molecule has 7 nitrogen and oxygen atoms in total. The Bertz CT molecular complexity index is 697. The predicted octanol–water partition coefficient (Wildman–Crippen LogP) is -0.485. The SMILES string of the molecule is Nc1ccc(S(N)(=O)=O)cc1NC1CCS(=O)(=O)C1. The summed E-state index contributed by atoms with van der Waals surface area (Å²) in [6.07, 6.45) is 0.474. The maximum absolute atomic E-state index is 11.4. The highest BCUT2D eigenvalue weighted by atomic mass is 32.2. The minimum atomic E-state index is -3.81. The van der Waals surface area contributed by atoms with Crippen LogP contribution in [0.3, 0.4) is 0 Å². The van der Waals surface area contributed by atoms with E-state index in [0.29, 0.717) is 17.8 Å². The van der Waals surface area contributed by atoms with Gasteiger partial charge in [-0.2, -0.15) is 0 Å². The fourth-order valence-corrected chi connectivity index (χ4v) is 4.18. The lowest BCUT2D eigenvalue weighted by Crippen LogP contribution is -2.22. The van der Waals surface area contributed by atoms with Crippen molar-refractivity contribution in [2.75, 3.05) is 22.6 Å². The Balaban J connectivity index is 2.26. The number of anilines is 2. The molecule has 0 bridgehead atoms. The lowest BCUT2D eigenvalue weighted by atomic mass is 10.2. The number of rotatable bonds is 3. The summed E-state index contributed by atoms with van der Waals surface area (Å²) in [6.45, 7) is 0. The van der Waals surface area contributed by atoms with Crippen LogP contribution < -0.4 is 16.2 Å². The maximum Gasteiger partial charge on any atom is 0.238 e. The van der Waals surface area contributed by atoms with Crippen LogP contribution in [0.2, 0.25) is 0 Å². The van der Waals surface area contributed by atoms with Crippen LogP contribution in [0.1, 0.15) is 6.42 Å². The van der Waals surface area contributed by atoms with Crippen LogP contribution in [0.5, 0.6) is 0 Å². The molecule has 0 saturated carbocycles. The molecule has 0 aromatic heterocycles. The van der Waals surface area contributed by atoms with Crippen molar-refractivity contribution in [1.29, 1.82) is 0 Å². The van der Waals surface area contributed by atoms with Gasteiger partial charge in [0.05, 0.1) is 27.8 Å². The Morgan fingerprint density at radius 3 is 2.53 bits per heavy atom. The molecule has 1 aliphatic heterocycles. The van der Waals surface area contributed by atoms with Crippen LogP contribution in [-0.4, -0.2) is 34.4 Å². The minimum Gasteiger partial charge on any atom is -0.397 e. The van der Waals surface area contributed by atoms with E-state index >= 15 is 0 Å². The van der Waals surface area contributed by atoms with E-state index in [1.807, 2.05) is 0 Å². The fourth-order valence-electron chi connectivity index (χ4n) is 1.97. The first-order valence-electron chi connectivity index (χ1n) is 5.57. The third kappa shape index (κ3) is 3.37.